The topological polar surface area (TPSA) is 95.9 Å². The lowest BCUT2D eigenvalue weighted by Crippen LogP contribution is -2.32. The molecular weight excluding hydrogens is 364 g/mol. The summed E-state index contributed by atoms with van der Waals surface area (Å²) >= 11 is 0. The van der Waals surface area contributed by atoms with E-state index in [1.165, 1.54) is 23.8 Å². The van der Waals surface area contributed by atoms with Crippen molar-refractivity contribution in [3.8, 4) is 11.5 Å². The normalized spacial score (nSPS) is 10.2. The number of ketones is 1. The van der Waals surface area contributed by atoms with Gasteiger partial charge < -0.3 is 24.1 Å². The van der Waals surface area contributed by atoms with Crippen molar-refractivity contribution in [2.24, 2.45) is 7.05 Å². The van der Waals surface area contributed by atoms with E-state index in [4.69, 9.17) is 14.2 Å². The minimum atomic E-state index is -0.671. The molecule has 0 fully saturated rings. The third-order valence-corrected chi connectivity index (χ3v) is 3.78. The molecule has 1 aromatic heterocycles. The van der Waals surface area contributed by atoms with Crippen molar-refractivity contribution in [2.45, 2.75) is 13.8 Å². The van der Waals surface area contributed by atoms with Crippen molar-refractivity contribution >= 4 is 17.7 Å². The van der Waals surface area contributed by atoms with E-state index in [0.29, 0.717) is 17.9 Å². The minimum absolute atomic E-state index is 0.153. The van der Waals surface area contributed by atoms with Crippen molar-refractivity contribution in [1.82, 2.24) is 9.88 Å². The van der Waals surface area contributed by atoms with Gasteiger partial charge in [0.05, 0.1) is 13.2 Å². The maximum atomic E-state index is 12.0. The van der Waals surface area contributed by atoms with Gasteiger partial charge in [-0.2, -0.15) is 0 Å². The maximum absolute atomic E-state index is 12.0. The first kappa shape index (κ1) is 21.0. The predicted molar refractivity (Wildman–Crippen MR) is 102 cm³/mol. The smallest absolute Gasteiger partial charge is 0.355 e. The van der Waals surface area contributed by atoms with Gasteiger partial charge >= 0.3 is 5.97 Å². The summed E-state index contributed by atoms with van der Waals surface area (Å²) in [6.45, 7) is 4.04. The van der Waals surface area contributed by atoms with E-state index < -0.39 is 18.5 Å². The number of amides is 1. The Bertz CT molecular complexity index is 826. The van der Waals surface area contributed by atoms with Crippen LogP contribution in [0.2, 0.25) is 0 Å². The standard InChI is InChI=1S/C20H24N2O6/c1-4-26-16-5-7-17(8-6-16)27-10-9-21-19(24)13-28-20(25)18-11-15(14(2)23)12-22(18)3/h5-8,11-12H,4,9-10,13H2,1-3H3,(H,21,24). The van der Waals surface area contributed by atoms with Crippen LogP contribution in [-0.2, 0) is 16.6 Å². The summed E-state index contributed by atoms with van der Waals surface area (Å²) in [5, 5.41) is 2.60. The van der Waals surface area contributed by atoms with Crippen LogP contribution in [0.4, 0.5) is 0 Å². The summed E-state index contributed by atoms with van der Waals surface area (Å²) in [6.07, 6.45) is 1.54. The number of rotatable bonds is 10. The Labute approximate surface area is 163 Å². The Hall–Kier alpha value is -3.29. The van der Waals surface area contributed by atoms with Crippen LogP contribution in [0, 0.1) is 0 Å². The number of carbonyl (C=O) groups excluding carboxylic acids is 3. The SMILES string of the molecule is CCOc1ccc(OCCNC(=O)COC(=O)c2cc(C(C)=O)cn2C)cc1. The Balaban J connectivity index is 1.68. The van der Waals surface area contributed by atoms with E-state index >= 15 is 0 Å². The summed E-state index contributed by atoms with van der Waals surface area (Å²) in [6, 6.07) is 8.61. The zero-order valence-electron chi connectivity index (χ0n) is 16.2. The molecular formula is C20H24N2O6. The lowest BCUT2D eigenvalue weighted by molar-refractivity contribution is -0.124. The lowest BCUT2D eigenvalue weighted by atomic mass is 10.2. The van der Waals surface area contributed by atoms with Crippen molar-refractivity contribution in [3.63, 3.8) is 0 Å². The van der Waals surface area contributed by atoms with E-state index in [1.807, 2.05) is 6.92 Å². The number of benzene rings is 1. The van der Waals surface area contributed by atoms with Crippen LogP contribution >= 0.6 is 0 Å². The minimum Gasteiger partial charge on any atom is -0.494 e. The molecule has 0 saturated heterocycles. The highest BCUT2D eigenvalue weighted by Gasteiger charge is 2.16. The van der Waals surface area contributed by atoms with Gasteiger partial charge in [-0.1, -0.05) is 0 Å². The van der Waals surface area contributed by atoms with E-state index in [1.54, 1.807) is 31.3 Å². The van der Waals surface area contributed by atoms with Gasteiger partial charge in [0.25, 0.3) is 5.91 Å². The first-order valence-electron chi connectivity index (χ1n) is 8.87. The number of hydrogen-bond acceptors (Lipinski definition) is 6. The molecule has 1 heterocycles. The van der Waals surface area contributed by atoms with Crippen LogP contribution in [-0.4, -0.2) is 48.6 Å². The monoisotopic (exact) mass is 388 g/mol. The molecule has 0 bridgehead atoms. The Kier molecular flexibility index (Phi) is 7.62. The highest BCUT2D eigenvalue weighted by atomic mass is 16.5. The zero-order chi connectivity index (χ0) is 20.5. The Morgan fingerprint density at radius 3 is 2.29 bits per heavy atom. The molecule has 1 amide bonds. The highest BCUT2D eigenvalue weighted by molar-refractivity contribution is 5.98. The van der Waals surface area contributed by atoms with Gasteiger partial charge in [-0.3, -0.25) is 9.59 Å². The summed E-state index contributed by atoms with van der Waals surface area (Å²) in [5.41, 5.74) is 0.613. The van der Waals surface area contributed by atoms with Crippen LogP contribution in [0.5, 0.6) is 11.5 Å². The van der Waals surface area contributed by atoms with Gasteiger partial charge in [0.15, 0.2) is 12.4 Å². The third kappa shape index (κ3) is 6.15. The first-order valence-corrected chi connectivity index (χ1v) is 8.87. The molecule has 0 aliphatic heterocycles. The fraction of sp³-hybridized carbons (Fsp3) is 0.350. The molecule has 1 N–H and O–H groups in total. The van der Waals surface area contributed by atoms with Gasteiger partial charge in [-0.25, -0.2) is 4.79 Å². The van der Waals surface area contributed by atoms with Crippen LogP contribution in [0.1, 0.15) is 34.7 Å². The molecule has 2 aromatic rings. The average molecular weight is 388 g/mol. The van der Waals surface area contributed by atoms with Gasteiger partial charge in [-0.15, -0.1) is 0 Å². The van der Waals surface area contributed by atoms with Crippen molar-refractivity contribution < 1.29 is 28.6 Å². The predicted octanol–water partition coefficient (Wildman–Crippen LogP) is 1.98. The summed E-state index contributed by atoms with van der Waals surface area (Å²) in [5.74, 6) is 0.160. The number of esters is 1. The van der Waals surface area contributed by atoms with Crippen molar-refractivity contribution in [3.05, 3.63) is 47.8 Å². The number of nitrogens with one attached hydrogen (secondary N) is 1. The molecule has 0 unspecified atom stereocenters. The fourth-order valence-electron chi connectivity index (χ4n) is 2.37. The fourth-order valence-corrected chi connectivity index (χ4v) is 2.37. The number of carbonyl (C=O) groups is 3. The number of aromatic nitrogens is 1. The molecule has 0 radical (unpaired) electrons. The second-order valence-corrected chi connectivity index (χ2v) is 5.96. The highest BCUT2D eigenvalue weighted by Crippen LogP contribution is 2.17. The van der Waals surface area contributed by atoms with E-state index in [9.17, 15) is 14.4 Å². The molecule has 0 aliphatic rings. The van der Waals surface area contributed by atoms with Crippen LogP contribution < -0.4 is 14.8 Å². The van der Waals surface area contributed by atoms with Crippen LogP contribution in [0.25, 0.3) is 0 Å². The number of aryl methyl sites for hydroxylation is 1. The second-order valence-electron chi connectivity index (χ2n) is 5.96. The Morgan fingerprint density at radius 1 is 1.07 bits per heavy atom. The van der Waals surface area contributed by atoms with Gasteiger partial charge in [0.2, 0.25) is 0 Å². The summed E-state index contributed by atoms with van der Waals surface area (Å²) < 4.78 is 17.3. The number of nitrogens with zero attached hydrogens (tertiary/aromatic N) is 1. The molecule has 0 atom stereocenters. The molecule has 28 heavy (non-hydrogen) atoms. The third-order valence-electron chi connectivity index (χ3n) is 3.78. The quantitative estimate of drug-likeness (QED) is 0.380. The summed E-state index contributed by atoms with van der Waals surface area (Å²) in [4.78, 5) is 35.2. The molecule has 2 rings (SSSR count). The summed E-state index contributed by atoms with van der Waals surface area (Å²) in [7, 11) is 1.63. The Morgan fingerprint density at radius 2 is 1.71 bits per heavy atom. The number of ether oxygens (including phenoxy) is 3. The first-order chi connectivity index (χ1) is 13.4. The maximum Gasteiger partial charge on any atom is 0.355 e. The molecule has 150 valence electrons. The van der Waals surface area contributed by atoms with Crippen LogP contribution in [0.15, 0.2) is 36.5 Å². The number of Topliss-reactive ketones (excluding diaryl/α,β-unsaturated/α-hetero) is 1. The van der Waals surface area contributed by atoms with E-state index in [-0.39, 0.29) is 24.6 Å². The molecule has 0 saturated carbocycles. The average Bonchev–Trinajstić information content (AvgIpc) is 3.07. The van der Waals surface area contributed by atoms with Gasteiger partial charge in [-0.05, 0) is 44.2 Å². The molecule has 1 aromatic carbocycles. The van der Waals surface area contributed by atoms with Gasteiger partial charge in [0.1, 0.15) is 23.8 Å². The number of hydrogen-bond donors (Lipinski definition) is 1. The molecule has 0 spiro atoms. The van der Waals surface area contributed by atoms with Crippen molar-refractivity contribution in [1.29, 1.82) is 0 Å². The lowest BCUT2D eigenvalue weighted by Gasteiger charge is -2.09. The second kappa shape index (κ2) is 10.1. The zero-order valence-corrected chi connectivity index (χ0v) is 16.2. The van der Waals surface area contributed by atoms with E-state index in [2.05, 4.69) is 5.32 Å². The van der Waals surface area contributed by atoms with Gasteiger partial charge in [0, 0.05) is 18.8 Å². The molecule has 0 aliphatic carbocycles. The largest absolute Gasteiger partial charge is 0.494 e. The van der Waals surface area contributed by atoms with Crippen molar-refractivity contribution in [2.75, 3.05) is 26.4 Å². The van der Waals surface area contributed by atoms with E-state index in [0.717, 1.165) is 5.75 Å². The molecule has 8 heteroatoms. The molecule has 8 nitrogen and oxygen atoms in total. The van der Waals surface area contributed by atoms with Crippen LogP contribution in [0.3, 0.4) is 0 Å².